The topological polar surface area (TPSA) is 80.5 Å². The predicted molar refractivity (Wildman–Crippen MR) is 72.4 cm³/mol. The number of halogens is 1. The smallest absolute Gasteiger partial charge is 0.145 e. The van der Waals surface area contributed by atoms with Crippen LogP contribution in [0.15, 0.2) is 23.2 Å². The van der Waals surface area contributed by atoms with Gasteiger partial charge in [-0.1, -0.05) is 5.21 Å². The molecule has 0 atom stereocenters. The second kappa shape index (κ2) is 6.29. The summed E-state index contributed by atoms with van der Waals surface area (Å²) in [5.74, 6) is 1.55. The van der Waals surface area contributed by atoms with Crippen LogP contribution in [0.25, 0.3) is 0 Å². The molecule has 8 heteroatoms. The third-order valence-corrected chi connectivity index (χ3v) is 3.11. The Kier molecular flexibility index (Phi) is 4.46. The molecule has 0 bridgehead atoms. The highest BCUT2D eigenvalue weighted by atomic mass is 79.9. The van der Waals surface area contributed by atoms with Gasteiger partial charge >= 0.3 is 0 Å². The number of hydrogen-bond acceptors (Lipinski definition) is 6. The van der Waals surface area contributed by atoms with Crippen molar-refractivity contribution in [1.82, 2.24) is 25.0 Å². The van der Waals surface area contributed by atoms with E-state index >= 15 is 0 Å². The molecule has 0 aliphatic carbocycles. The lowest BCUT2D eigenvalue weighted by atomic mass is 10.4. The second-order valence-corrected chi connectivity index (χ2v) is 4.37. The summed E-state index contributed by atoms with van der Waals surface area (Å²) in [6.07, 6.45) is 5.98. The average Bonchev–Trinajstić information content (AvgIpc) is 2.89. The average molecular weight is 312 g/mol. The van der Waals surface area contributed by atoms with E-state index in [2.05, 4.69) is 46.8 Å². The zero-order valence-electron chi connectivity index (χ0n) is 9.97. The van der Waals surface area contributed by atoms with Gasteiger partial charge in [-0.15, -0.1) is 5.10 Å². The molecule has 2 rings (SSSR count). The van der Waals surface area contributed by atoms with E-state index in [9.17, 15) is 0 Å². The molecule has 0 aliphatic rings. The third-order valence-electron chi connectivity index (χ3n) is 2.35. The van der Waals surface area contributed by atoms with Crippen LogP contribution in [-0.4, -0.2) is 38.6 Å². The van der Waals surface area contributed by atoms with E-state index in [4.69, 9.17) is 0 Å². The standard InChI is InChI=1S/C10H14BrN7/c1-12-9-8(11)10(15-7-14-9)13-3-2-5-18-6-4-16-17-18/h4,6-7H,2-3,5H2,1H3,(H2,12,13,14,15). The lowest BCUT2D eigenvalue weighted by Gasteiger charge is -2.09. The van der Waals surface area contributed by atoms with Crippen LogP contribution < -0.4 is 10.6 Å². The molecule has 0 fully saturated rings. The highest BCUT2D eigenvalue weighted by molar-refractivity contribution is 9.10. The van der Waals surface area contributed by atoms with Gasteiger partial charge in [-0.25, -0.2) is 9.97 Å². The summed E-state index contributed by atoms with van der Waals surface area (Å²) in [6, 6.07) is 0. The Labute approximate surface area is 113 Å². The Morgan fingerprint density at radius 3 is 2.89 bits per heavy atom. The molecule has 0 amide bonds. The van der Waals surface area contributed by atoms with Crippen LogP contribution in [-0.2, 0) is 6.54 Å². The van der Waals surface area contributed by atoms with E-state index in [-0.39, 0.29) is 0 Å². The van der Waals surface area contributed by atoms with E-state index in [1.165, 1.54) is 6.33 Å². The van der Waals surface area contributed by atoms with Gasteiger partial charge in [-0.2, -0.15) is 0 Å². The highest BCUT2D eigenvalue weighted by Crippen LogP contribution is 2.25. The second-order valence-electron chi connectivity index (χ2n) is 3.58. The first kappa shape index (κ1) is 12.7. The first-order chi connectivity index (χ1) is 8.81. The minimum absolute atomic E-state index is 0.767. The summed E-state index contributed by atoms with van der Waals surface area (Å²) < 4.78 is 2.64. The van der Waals surface area contributed by atoms with Crippen LogP contribution in [0, 0.1) is 0 Å². The van der Waals surface area contributed by atoms with Crippen molar-refractivity contribution in [2.45, 2.75) is 13.0 Å². The van der Waals surface area contributed by atoms with Crippen molar-refractivity contribution in [3.8, 4) is 0 Å². The summed E-state index contributed by atoms with van der Waals surface area (Å²) in [6.45, 7) is 1.63. The van der Waals surface area contributed by atoms with Gasteiger partial charge in [0.1, 0.15) is 22.4 Å². The summed E-state index contributed by atoms with van der Waals surface area (Å²) in [4.78, 5) is 8.27. The van der Waals surface area contributed by atoms with Crippen molar-refractivity contribution in [1.29, 1.82) is 0 Å². The molecule has 7 nitrogen and oxygen atoms in total. The van der Waals surface area contributed by atoms with Crippen molar-refractivity contribution in [3.05, 3.63) is 23.2 Å². The normalized spacial score (nSPS) is 10.3. The van der Waals surface area contributed by atoms with E-state index in [0.717, 1.165) is 35.6 Å². The lowest BCUT2D eigenvalue weighted by Crippen LogP contribution is -2.09. The molecule has 0 saturated carbocycles. The Bertz CT molecular complexity index is 485. The lowest BCUT2D eigenvalue weighted by molar-refractivity contribution is 0.569. The summed E-state index contributed by atoms with van der Waals surface area (Å²) in [5.41, 5.74) is 0. The van der Waals surface area contributed by atoms with Crippen LogP contribution in [0.3, 0.4) is 0 Å². The summed E-state index contributed by atoms with van der Waals surface area (Å²) in [5, 5.41) is 13.9. The van der Waals surface area contributed by atoms with Gasteiger partial charge in [-0.3, -0.25) is 4.68 Å². The number of aromatic nitrogens is 5. The van der Waals surface area contributed by atoms with Crippen molar-refractivity contribution in [3.63, 3.8) is 0 Å². The van der Waals surface area contributed by atoms with Crippen LogP contribution in [0.2, 0.25) is 0 Å². The fourth-order valence-electron chi connectivity index (χ4n) is 1.47. The Hall–Kier alpha value is -1.70. The van der Waals surface area contributed by atoms with Gasteiger partial charge in [0, 0.05) is 26.3 Å². The quantitative estimate of drug-likeness (QED) is 0.784. The maximum Gasteiger partial charge on any atom is 0.145 e. The first-order valence-corrected chi connectivity index (χ1v) is 6.37. The molecule has 0 aliphatic heterocycles. The predicted octanol–water partition coefficient (Wildman–Crippen LogP) is 1.37. The van der Waals surface area contributed by atoms with Crippen molar-refractivity contribution in [2.75, 3.05) is 24.2 Å². The summed E-state index contributed by atoms with van der Waals surface area (Å²) >= 11 is 3.45. The molecule has 18 heavy (non-hydrogen) atoms. The van der Waals surface area contributed by atoms with E-state index in [1.54, 1.807) is 10.9 Å². The molecule has 0 unspecified atom stereocenters. The van der Waals surface area contributed by atoms with Gasteiger partial charge in [0.2, 0.25) is 0 Å². The zero-order chi connectivity index (χ0) is 12.8. The molecule has 0 spiro atoms. The van der Waals surface area contributed by atoms with Gasteiger partial charge in [0.05, 0.1) is 6.20 Å². The minimum Gasteiger partial charge on any atom is -0.372 e. The maximum absolute atomic E-state index is 4.18. The van der Waals surface area contributed by atoms with E-state index in [0.29, 0.717) is 0 Å². The molecule has 2 aromatic rings. The molecule has 0 aromatic carbocycles. The third kappa shape index (κ3) is 3.16. The molecular formula is C10H14BrN7. The fourth-order valence-corrected chi connectivity index (χ4v) is 2.01. The Balaban J connectivity index is 1.83. The summed E-state index contributed by atoms with van der Waals surface area (Å²) in [7, 11) is 1.82. The van der Waals surface area contributed by atoms with Crippen molar-refractivity contribution >= 4 is 27.6 Å². The maximum atomic E-state index is 4.18. The van der Waals surface area contributed by atoms with Crippen LogP contribution in [0.5, 0.6) is 0 Å². The number of nitrogens with one attached hydrogen (secondary N) is 2. The largest absolute Gasteiger partial charge is 0.372 e. The SMILES string of the molecule is CNc1ncnc(NCCCn2ccnn2)c1Br. The Morgan fingerprint density at radius 2 is 2.17 bits per heavy atom. The minimum atomic E-state index is 0.767. The van der Waals surface area contributed by atoms with Crippen molar-refractivity contribution in [2.24, 2.45) is 0 Å². The number of anilines is 2. The van der Waals surface area contributed by atoms with Gasteiger partial charge < -0.3 is 10.6 Å². The zero-order valence-corrected chi connectivity index (χ0v) is 11.6. The molecule has 2 N–H and O–H groups in total. The number of hydrogen-bond donors (Lipinski definition) is 2. The van der Waals surface area contributed by atoms with E-state index < -0.39 is 0 Å². The van der Waals surface area contributed by atoms with Crippen LogP contribution in [0.4, 0.5) is 11.6 Å². The van der Waals surface area contributed by atoms with E-state index in [1.807, 2.05) is 13.2 Å². The number of aryl methyl sites for hydroxylation is 1. The monoisotopic (exact) mass is 311 g/mol. The van der Waals surface area contributed by atoms with Crippen molar-refractivity contribution < 1.29 is 0 Å². The molecule has 2 heterocycles. The molecular weight excluding hydrogens is 298 g/mol. The number of rotatable bonds is 6. The molecule has 0 saturated heterocycles. The molecule has 96 valence electrons. The highest BCUT2D eigenvalue weighted by Gasteiger charge is 2.06. The van der Waals surface area contributed by atoms with Crippen LogP contribution in [0.1, 0.15) is 6.42 Å². The first-order valence-electron chi connectivity index (χ1n) is 5.57. The number of nitrogens with zero attached hydrogens (tertiary/aromatic N) is 5. The fraction of sp³-hybridized carbons (Fsp3) is 0.400. The van der Waals surface area contributed by atoms with Crippen LogP contribution >= 0.6 is 15.9 Å². The molecule has 0 radical (unpaired) electrons. The van der Waals surface area contributed by atoms with Gasteiger partial charge in [0.15, 0.2) is 0 Å². The van der Waals surface area contributed by atoms with Gasteiger partial charge in [0.25, 0.3) is 0 Å². The van der Waals surface area contributed by atoms with Gasteiger partial charge in [-0.05, 0) is 22.4 Å². The molecule has 2 aromatic heterocycles. The Morgan fingerprint density at radius 1 is 1.33 bits per heavy atom.